The number of nitrogens with one attached hydrogen (secondary N) is 2. The van der Waals surface area contributed by atoms with Crippen molar-refractivity contribution in [1.82, 2.24) is 10.6 Å². The smallest absolute Gasteiger partial charge is 0.338 e. The standard InChI is InChI=1S/C19H16F2N2O5S/c1-2-27-18(25)15-13(22-19(26)23-16(15)14-4-3-5-29-14)9-28-17(24)10-6-11(20)8-12(21)7-10/h3-8,16H,2,9H2,1H3,(H2,22,23,26). The summed E-state index contributed by atoms with van der Waals surface area (Å²) in [6.45, 7) is 1.23. The van der Waals surface area contributed by atoms with E-state index in [0.717, 1.165) is 12.1 Å². The predicted molar refractivity (Wildman–Crippen MR) is 99.0 cm³/mol. The first kappa shape index (κ1) is 20.5. The second-order valence-corrected chi connectivity index (χ2v) is 6.87. The lowest BCUT2D eigenvalue weighted by atomic mass is 10.0. The molecule has 152 valence electrons. The molecule has 1 aliphatic rings. The fourth-order valence-electron chi connectivity index (χ4n) is 2.74. The Morgan fingerprint density at radius 2 is 1.86 bits per heavy atom. The number of urea groups is 1. The van der Waals surface area contributed by atoms with E-state index in [4.69, 9.17) is 9.47 Å². The van der Waals surface area contributed by atoms with E-state index in [9.17, 15) is 23.2 Å². The second-order valence-electron chi connectivity index (χ2n) is 5.89. The van der Waals surface area contributed by atoms with Gasteiger partial charge in [-0.15, -0.1) is 11.3 Å². The van der Waals surface area contributed by atoms with Crippen molar-refractivity contribution in [1.29, 1.82) is 0 Å². The van der Waals surface area contributed by atoms with Gasteiger partial charge in [0.1, 0.15) is 18.2 Å². The quantitative estimate of drug-likeness (QED) is 0.698. The van der Waals surface area contributed by atoms with E-state index >= 15 is 0 Å². The topological polar surface area (TPSA) is 93.7 Å². The van der Waals surface area contributed by atoms with Gasteiger partial charge in [-0.25, -0.2) is 23.2 Å². The molecular formula is C19H16F2N2O5S. The summed E-state index contributed by atoms with van der Waals surface area (Å²) in [6.07, 6.45) is 0. The minimum Gasteiger partial charge on any atom is -0.463 e. The molecule has 0 aliphatic carbocycles. The van der Waals surface area contributed by atoms with Crippen LogP contribution >= 0.6 is 11.3 Å². The Balaban J connectivity index is 1.89. The highest BCUT2D eigenvalue weighted by atomic mass is 32.1. The lowest BCUT2D eigenvalue weighted by Gasteiger charge is -2.28. The van der Waals surface area contributed by atoms with Gasteiger partial charge < -0.3 is 20.1 Å². The molecule has 1 aromatic carbocycles. The number of rotatable bonds is 6. The largest absolute Gasteiger partial charge is 0.463 e. The minimum atomic E-state index is -1.01. The van der Waals surface area contributed by atoms with E-state index in [2.05, 4.69) is 10.6 Å². The Bertz CT molecular complexity index is 955. The molecule has 2 N–H and O–H groups in total. The van der Waals surface area contributed by atoms with Gasteiger partial charge in [0, 0.05) is 10.9 Å². The van der Waals surface area contributed by atoms with Crippen molar-refractivity contribution in [3.63, 3.8) is 0 Å². The molecule has 0 radical (unpaired) electrons. The van der Waals surface area contributed by atoms with Gasteiger partial charge >= 0.3 is 18.0 Å². The molecule has 29 heavy (non-hydrogen) atoms. The average molecular weight is 422 g/mol. The van der Waals surface area contributed by atoms with Crippen LogP contribution in [0.5, 0.6) is 0 Å². The molecule has 1 atom stereocenters. The van der Waals surface area contributed by atoms with E-state index < -0.39 is 42.3 Å². The van der Waals surface area contributed by atoms with Crippen molar-refractivity contribution in [2.24, 2.45) is 0 Å². The first-order valence-corrected chi connectivity index (χ1v) is 9.41. The van der Waals surface area contributed by atoms with Crippen molar-refractivity contribution in [3.05, 3.63) is 69.1 Å². The lowest BCUT2D eigenvalue weighted by molar-refractivity contribution is -0.139. The second kappa shape index (κ2) is 8.82. The van der Waals surface area contributed by atoms with Gasteiger partial charge in [0.05, 0.1) is 29.5 Å². The van der Waals surface area contributed by atoms with E-state index in [-0.39, 0.29) is 23.4 Å². The maximum atomic E-state index is 13.3. The summed E-state index contributed by atoms with van der Waals surface area (Å²) >= 11 is 1.32. The van der Waals surface area contributed by atoms with E-state index in [1.165, 1.54) is 11.3 Å². The molecule has 0 spiro atoms. The molecule has 2 amide bonds. The Kier molecular flexibility index (Phi) is 6.23. The monoisotopic (exact) mass is 422 g/mol. The number of thiophene rings is 1. The van der Waals surface area contributed by atoms with Crippen LogP contribution in [0.1, 0.15) is 28.2 Å². The van der Waals surface area contributed by atoms with Gasteiger partial charge in [0.25, 0.3) is 0 Å². The average Bonchev–Trinajstić information content (AvgIpc) is 3.19. The summed E-state index contributed by atoms with van der Waals surface area (Å²) in [5.74, 6) is -3.58. The summed E-state index contributed by atoms with van der Waals surface area (Å²) in [5.41, 5.74) is -0.237. The first-order chi connectivity index (χ1) is 13.9. The summed E-state index contributed by atoms with van der Waals surface area (Å²) in [5, 5.41) is 6.85. The Morgan fingerprint density at radius 3 is 2.48 bits per heavy atom. The minimum absolute atomic E-state index is 0.0239. The number of hydrogen-bond acceptors (Lipinski definition) is 6. The fraction of sp³-hybridized carbons (Fsp3) is 0.211. The molecule has 2 aromatic rings. The molecule has 3 rings (SSSR count). The zero-order valence-electron chi connectivity index (χ0n) is 15.2. The van der Waals surface area contributed by atoms with Crippen molar-refractivity contribution in [3.8, 4) is 0 Å². The van der Waals surface area contributed by atoms with Crippen molar-refractivity contribution < 1.29 is 32.6 Å². The van der Waals surface area contributed by atoms with Crippen LogP contribution in [0.4, 0.5) is 13.6 Å². The molecular weight excluding hydrogens is 406 g/mol. The molecule has 10 heteroatoms. The van der Waals surface area contributed by atoms with Crippen LogP contribution in [0.15, 0.2) is 47.0 Å². The maximum absolute atomic E-state index is 13.3. The number of amides is 2. The fourth-order valence-corrected chi connectivity index (χ4v) is 3.53. The molecule has 0 saturated carbocycles. The molecule has 1 aromatic heterocycles. The molecule has 1 unspecified atom stereocenters. The molecule has 0 bridgehead atoms. The van der Waals surface area contributed by atoms with Crippen LogP contribution in [0, 0.1) is 11.6 Å². The highest BCUT2D eigenvalue weighted by Gasteiger charge is 2.34. The van der Waals surface area contributed by atoms with Gasteiger partial charge in [-0.2, -0.15) is 0 Å². The van der Waals surface area contributed by atoms with Crippen LogP contribution in [0.3, 0.4) is 0 Å². The highest BCUT2D eigenvalue weighted by Crippen LogP contribution is 2.30. The number of halogens is 2. The summed E-state index contributed by atoms with van der Waals surface area (Å²) in [7, 11) is 0. The molecule has 1 aliphatic heterocycles. The molecule has 7 nitrogen and oxygen atoms in total. The highest BCUT2D eigenvalue weighted by molar-refractivity contribution is 7.10. The van der Waals surface area contributed by atoms with Gasteiger partial charge in [-0.1, -0.05) is 6.07 Å². The SMILES string of the molecule is CCOC(=O)C1=C(COC(=O)c2cc(F)cc(F)c2)NC(=O)NC1c1cccs1. The van der Waals surface area contributed by atoms with Crippen molar-refractivity contribution in [2.45, 2.75) is 13.0 Å². The third-order valence-corrected chi connectivity index (χ3v) is 4.86. The molecule has 0 saturated heterocycles. The van der Waals surface area contributed by atoms with Crippen LogP contribution in [-0.4, -0.2) is 31.2 Å². The van der Waals surface area contributed by atoms with E-state index in [1.54, 1.807) is 24.4 Å². The van der Waals surface area contributed by atoms with Crippen LogP contribution in [0.2, 0.25) is 0 Å². The number of carbonyl (C=O) groups excluding carboxylic acids is 3. The number of esters is 2. The third-order valence-electron chi connectivity index (χ3n) is 3.92. The zero-order valence-corrected chi connectivity index (χ0v) is 16.0. The maximum Gasteiger partial charge on any atom is 0.338 e. The van der Waals surface area contributed by atoms with Crippen molar-refractivity contribution in [2.75, 3.05) is 13.2 Å². The van der Waals surface area contributed by atoms with E-state index in [0.29, 0.717) is 10.9 Å². The van der Waals surface area contributed by atoms with Crippen LogP contribution in [-0.2, 0) is 14.3 Å². The van der Waals surface area contributed by atoms with Crippen LogP contribution in [0.25, 0.3) is 0 Å². The summed E-state index contributed by atoms with van der Waals surface area (Å²) < 4.78 is 36.8. The van der Waals surface area contributed by atoms with Gasteiger partial charge in [0.2, 0.25) is 0 Å². The van der Waals surface area contributed by atoms with Crippen molar-refractivity contribution >= 4 is 29.3 Å². The third kappa shape index (κ3) is 4.77. The van der Waals surface area contributed by atoms with Gasteiger partial charge in [0.15, 0.2) is 0 Å². The molecule has 2 heterocycles. The number of hydrogen-bond donors (Lipinski definition) is 2. The summed E-state index contributed by atoms with van der Waals surface area (Å²) in [4.78, 5) is 37.4. The lowest BCUT2D eigenvalue weighted by Crippen LogP contribution is -2.46. The number of carbonyl (C=O) groups is 3. The first-order valence-electron chi connectivity index (χ1n) is 8.53. The Hall–Kier alpha value is -3.27. The Labute approximate surface area is 168 Å². The van der Waals surface area contributed by atoms with Gasteiger partial charge in [-0.3, -0.25) is 0 Å². The summed E-state index contributed by atoms with van der Waals surface area (Å²) in [6, 6.07) is 4.37. The Morgan fingerprint density at radius 1 is 1.14 bits per heavy atom. The predicted octanol–water partition coefficient (Wildman–Crippen LogP) is 3.05. The van der Waals surface area contributed by atoms with Crippen LogP contribution < -0.4 is 10.6 Å². The van der Waals surface area contributed by atoms with Gasteiger partial charge in [-0.05, 0) is 30.5 Å². The zero-order chi connectivity index (χ0) is 21.0. The molecule has 0 fully saturated rings. The van der Waals surface area contributed by atoms with E-state index in [1.807, 2.05) is 0 Å². The normalized spacial score (nSPS) is 16.1. The number of benzene rings is 1. The number of ether oxygens (including phenoxy) is 2.